The van der Waals surface area contributed by atoms with Gasteiger partial charge in [0.05, 0.1) is 12.2 Å². The Labute approximate surface area is 157 Å². The van der Waals surface area contributed by atoms with Gasteiger partial charge in [-0.1, -0.05) is 63.2 Å². The van der Waals surface area contributed by atoms with E-state index >= 15 is 0 Å². The van der Waals surface area contributed by atoms with Gasteiger partial charge in [0.1, 0.15) is 5.75 Å². The normalized spacial score (nSPS) is 23.2. The second kappa shape index (κ2) is 7.54. The minimum Gasteiger partial charge on any atom is -0.490 e. The molecular formula is C24H29NO. The standard InChI is InChI=1S/C24H29NO/c1-23(2,3)24(17-18-25)15-13-22(14-16-24)26-21-11-9-20(10-12-21)19-7-5-4-6-8-19/h4-12,22H,13-17H2,1-3H3. The summed E-state index contributed by atoms with van der Waals surface area (Å²) in [5.41, 5.74) is 2.72. The molecule has 136 valence electrons. The lowest BCUT2D eigenvalue weighted by Gasteiger charge is -2.48. The van der Waals surface area contributed by atoms with E-state index < -0.39 is 0 Å². The maximum absolute atomic E-state index is 9.29. The molecule has 0 aliphatic heterocycles. The van der Waals surface area contributed by atoms with Crippen LogP contribution in [0.1, 0.15) is 52.9 Å². The highest BCUT2D eigenvalue weighted by Gasteiger charge is 2.44. The van der Waals surface area contributed by atoms with E-state index in [0.717, 1.165) is 31.4 Å². The predicted octanol–water partition coefficient (Wildman–Crippen LogP) is 6.62. The van der Waals surface area contributed by atoms with Gasteiger partial charge in [-0.15, -0.1) is 0 Å². The molecule has 0 aromatic heterocycles. The van der Waals surface area contributed by atoms with Crippen molar-refractivity contribution >= 4 is 0 Å². The summed E-state index contributed by atoms with van der Waals surface area (Å²) in [5, 5.41) is 9.29. The number of ether oxygens (including phenoxy) is 1. The van der Waals surface area contributed by atoms with Gasteiger partial charge < -0.3 is 4.74 Å². The third-order valence-corrected chi connectivity index (χ3v) is 6.16. The highest BCUT2D eigenvalue weighted by molar-refractivity contribution is 5.63. The first kappa shape index (κ1) is 18.5. The Morgan fingerprint density at radius 3 is 2.08 bits per heavy atom. The molecule has 0 N–H and O–H groups in total. The zero-order valence-electron chi connectivity index (χ0n) is 16.2. The molecule has 1 aliphatic carbocycles. The quantitative estimate of drug-likeness (QED) is 0.622. The molecule has 26 heavy (non-hydrogen) atoms. The molecule has 1 fully saturated rings. The second-order valence-electron chi connectivity index (χ2n) is 8.57. The molecule has 0 radical (unpaired) electrons. The summed E-state index contributed by atoms with van der Waals surface area (Å²) in [7, 11) is 0. The van der Waals surface area contributed by atoms with E-state index in [9.17, 15) is 5.26 Å². The number of benzene rings is 2. The zero-order chi connectivity index (χ0) is 18.6. The highest BCUT2D eigenvalue weighted by atomic mass is 16.5. The van der Waals surface area contributed by atoms with Crippen molar-refractivity contribution in [2.75, 3.05) is 0 Å². The Hall–Kier alpha value is -2.27. The van der Waals surface area contributed by atoms with Crippen LogP contribution in [0.25, 0.3) is 11.1 Å². The van der Waals surface area contributed by atoms with Crippen molar-refractivity contribution in [2.45, 2.75) is 59.0 Å². The summed E-state index contributed by atoms with van der Waals surface area (Å²) in [6, 6.07) is 21.2. The Morgan fingerprint density at radius 2 is 1.54 bits per heavy atom. The van der Waals surface area contributed by atoms with E-state index in [1.165, 1.54) is 11.1 Å². The minimum atomic E-state index is 0.124. The number of nitriles is 1. The number of rotatable bonds is 4. The van der Waals surface area contributed by atoms with E-state index in [2.05, 4.69) is 75.4 Å². The van der Waals surface area contributed by atoms with Crippen LogP contribution in [0.2, 0.25) is 0 Å². The minimum absolute atomic E-state index is 0.124. The molecule has 3 rings (SSSR count). The molecule has 0 heterocycles. The topological polar surface area (TPSA) is 33.0 Å². The van der Waals surface area contributed by atoms with E-state index in [-0.39, 0.29) is 16.9 Å². The fraction of sp³-hybridized carbons (Fsp3) is 0.458. The van der Waals surface area contributed by atoms with Gasteiger partial charge in [0, 0.05) is 6.42 Å². The number of hydrogen-bond acceptors (Lipinski definition) is 2. The average Bonchev–Trinajstić information content (AvgIpc) is 2.64. The monoisotopic (exact) mass is 347 g/mol. The molecule has 0 atom stereocenters. The van der Waals surface area contributed by atoms with Crippen molar-refractivity contribution in [1.29, 1.82) is 5.26 Å². The van der Waals surface area contributed by atoms with E-state index in [0.29, 0.717) is 6.42 Å². The first-order chi connectivity index (χ1) is 12.4. The lowest BCUT2D eigenvalue weighted by molar-refractivity contribution is 0.00252. The third-order valence-electron chi connectivity index (χ3n) is 6.16. The van der Waals surface area contributed by atoms with Crippen LogP contribution in [0, 0.1) is 22.2 Å². The van der Waals surface area contributed by atoms with Gasteiger partial charge in [0.2, 0.25) is 0 Å². The summed E-state index contributed by atoms with van der Waals surface area (Å²) in [4.78, 5) is 0. The van der Waals surface area contributed by atoms with Crippen molar-refractivity contribution in [3.05, 3.63) is 54.6 Å². The molecule has 2 nitrogen and oxygen atoms in total. The van der Waals surface area contributed by atoms with Gasteiger partial charge in [-0.2, -0.15) is 5.26 Å². The second-order valence-corrected chi connectivity index (χ2v) is 8.57. The van der Waals surface area contributed by atoms with Gasteiger partial charge in [-0.3, -0.25) is 0 Å². The molecule has 2 aromatic carbocycles. The molecule has 0 bridgehead atoms. The molecule has 1 saturated carbocycles. The van der Waals surface area contributed by atoms with Crippen LogP contribution in [0.5, 0.6) is 5.75 Å². The average molecular weight is 348 g/mol. The predicted molar refractivity (Wildman–Crippen MR) is 107 cm³/mol. The van der Waals surface area contributed by atoms with Crippen LogP contribution in [-0.4, -0.2) is 6.10 Å². The van der Waals surface area contributed by atoms with E-state index in [1.807, 2.05) is 6.07 Å². The Morgan fingerprint density at radius 1 is 0.962 bits per heavy atom. The molecule has 0 saturated heterocycles. The van der Waals surface area contributed by atoms with E-state index in [4.69, 9.17) is 4.74 Å². The molecule has 2 heteroatoms. The largest absolute Gasteiger partial charge is 0.490 e. The Balaban J connectivity index is 1.62. The molecular weight excluding hydrogens is 318 g/mol. The Kier molecular flexibility index (Phi) is 5.37. The van der Waals surface area contributed by atoms with Gasteiger partial charge in [-0.05, 0) is 59.8 Å². The number of hydrogen-bond donors (Lipinski definition) is 0. The third kappa shape index (κ3) is 3.93. The van der Waals surface area contributed by atoms with Crippen molar-refractivity contribution in [2.24, 2.45) is 10.8 Å². The lowest BCUT2D eigenvalue weighted by atomic mass is 9.57. The first-order valence-electron chi connectivity index (χ1n) is 9.63. The van der Waals surface area contributed by atoms with Gasteiger partial charge in [-0.25, -0.2) is 0 Å². The van der Waals surface area contributed by atoms with Gasteiger partial charge >= 0.3 is 0 Å². The SMILES string of the molecule is CC(C)(C)C1(CC#N)CCC(Oc2ccc(-c3ccccc3)cc2)CC1. The fourth-order valence-electron chi connectivity index (χ4n) is 4.15. The van der Waals surface area contributed by atoms with Crippen LogP contribution >= 0.6 is 0 Å². The molecule has 0 amide bonds. The Bertz CT molecular complexity index is 742. The van der Waals surface area contributed by atoms with Crippen molar-refractivity contribution in [1.82, 2.24) is 0 Å². The molecule has 1 aliphatic rings. The number of nitrogens with zero attached hydrogens (tertiary/aromatic N) is 1. The maximum atomic E-state index is 9.29. The fourth-order valence-corrected chi connectivity index (χ4v) is 4.15. The summed E-state index contributed by atoms with van der Waals surface area (Å²) < 4.78 is 6.25. The zero-order valence-corrected chi connectivity index (χ0v) is 16.2. The molecule has 0 spiro atoms. The van der Waals surface area contributed by atoms with Crippen LogP contribution < -0.4 is 4.74 Å². The lowest BCUT2D eigenvalue weighted by Crippen LogP contribution is -2.41. The van der Waals surface area contributed by atoms with Crippen molar-refractivity contribution < 1.29 is 4.74 Å². The van der Waals surface area contributed by atoms with Gasteiger partial charge in [0.25, 0.3) is 0 Å². The summed E-state index contributed by atoms with van der Waals surface area (Å²) in [5.74, 6) is 0.943. The van der Waals surface area contributed by atoms with Crippen LogP contribution in [0.15, 0.2) is 54.6 Å². The van der Waals surface area contributed by atoms with Crippen molar-refractivity contribution in [3.63, 3.8) is 0 Å². The summed E-state index contributed by atoms with van der Waals surface area (Å²) >= 11 is 0. The van der Waals surface area contributed by atoms with Gasteiger partial charge in [0.15, 0.2) is 0 Å². The first-order valence-corrected chi connectivity index (χ1v) is 9.63. The van der Waals surface area contributed by atoms with Crippen molar-refractivity contribution in [3.8, 4) is 22.9 Å². The van der Waals surface area contributed by atoms with E-state index in [1.54, 1.807) is 0 Å². The molecule has 2 aromatic rings. The maximum Gasteiger partial charge on any atom is 0.119 e. The summed E-state index contributed by atoms with van der Waals surface area (Å²) in [6.07, 6.45) is 5.09. The highest BCUT2D eigenvalue weighted by Crippen LogP contribution is 2.52. The smallest absolute Gasteiger partial charge is 0.119 e. The summed E-state index contributed by atoms with van der Waals surface area (Å²) in [6.45, 7) is 6.81. The van der Waals surface area contributed by atoms with Crippen LogP contribution in [0.4, 0.5) is 0 Å². The molecule has 0 unspecified atom stereocenters. The van der Waals surface area contributed by atoms with Crippen LogP contribution in [-0.2, 0) is 0 Å². The van der Waals surface area contributed by atoms with Crippen LogP contribution in [0.3, 0.4) is 0 Å².